The molecule has 2 aromatic carbocycles. The number of likely N-dealkylation sites (N-methyl/N-ethyl adjacent to an activating group) is 1. The third-order valence-corrected chi connectivity index (χ3v) is 7.12. The number of fused-ring (bicyclic) bond motifs is 1. The number of carbonyl (C=O) groups excluding carboxylic acids is 2. The summed E-state index contributed by atoms with van der Waals surface area (Å²) in [6, 6.07) is 11.3. The number of ether oxygens (including phenoxy) is 1. The molecule has 196 valence electrons. The number of rotatable bonds is 7. The molecule has 38 heavy (non-hydrogen) atoms. The molecule has 13 heteroatoms. The van der Waals surface area contributed by atoms with Crippen LogP contribution in [0.2, 0.25) is 0 Å². The van der Waals surface area contributed by atoms with Gasteiger partial charge in [-0.05, 0) is 63.2 Å². The molecule has 0 bridgehead atoms. The van der Waals surface area contributed by atoms with Gasteiger partial charge in [0.25, 0.3) is 15.9 Å². The average Bonchev–Trinajstić information content (AvgIpc) is 2.85. The summed E-state index contributed by atoms with van der Waals surface area (Å²) in [5.74, 6) is 0.722. The molecule has 0 saturated heterocycles. The number of anilines is 5. The first-order chi connectivity index (χ1) is 17.4. The van der Waals surface area contributed by atoms with Crippen molar-refractivity contribution in [3.63, 3.8) is 0 Å². The SMILES string of the molecule is CCC(=O)NS(=O)(=O)c1ccc(Nc2ncc(C)c(Nc3ccc4c(c3)N(C)C(=O)C(C)(C)O4)n2)cc1.[NaH]. The van der Waals surface area contributed by atoms with Crippen molar-refractivity contribution in [3.8, 4) is 5.75 Å². The Morgan fingerprint density at radius 3 is 2.39 bits per heavy atom. The number of aryl methyl sites for hydroxylation is 1. The van der Waals surface area contributed by atoms with Gasteiger partial charge in [0.15, 0.2) is 5.60 Å². The van der Waals surface area contributed by atoms with Gasteiger partial charge in [-0.15, -0.1) is 0 Å². The number of hydrogen-bond donors (Lipinski definition) is 3. The Morgan fingerprint density at radius 2 is 1.74 bits per heavy atom. The summed E-state index contributed by atoms with van der Waals surface area (Å²) in [6.45, 7) is 6.89. The molecule has 0 unspecified atom stereocenters. The molecular weight excluding hydrogens is 519 g/mol. The molecule has 1 aliphatic rings. The number of amides is 2. The van der Waals surface area contributed by atoms with Crippen LogP contribution in [0, 0.1) is 6.92 Å². The van der Waals surface area contributed by atoms with Gasteiger partial charge in [-0.25, -0.2) is 18.1 Å². The molecule has 0 spiro atoms. The molecule has 0 fully saturated rings. The second-order valence-electron chi connectivity index (χ2n) is 9.04. The van der Waals surface area contributed by atoms with E-state index in [0.717, 1.165) is 5.56 Å². The first-order valence-electron chi connectivity index (χ1n) is 11.5. The topological polar surface area (TPSA) is 143 Å². The summed E-state index contributed by atoms with van der Waals surface area (Å²) in [7, 11) is -2.22. The Bertz CT molecular complexity index is 1480. The Balaban J connectivity index is 0.00000400. The first-order valence-corrected chi connectivity index (χ1v) is 13.0. The zero-order chi connectivity index (χ0) is 27.0. The Labute approximate surface area is 243 Å². The van der Waals surface area contributed by atoms with Gasteiger partial charge in [0.05, 0.1) is 10.6 Å². The number of nitrogens with zero attached hydrogens (tertiary/aromatic N) is 3. The van der Waals surface area contributed by atoms with E-state index in [1.807, 2.05) is 23.8 Å². The van der Waals surface area contributed by atoms with Gasteiger partial charge >= 0.3 is 29.6 Å². The van der Waals surface area contributed by atoms with E-state index >= 15 is 0 Å². The number of benzene rings is 2. The molecule has 0 aliphatic carbocycles. The van der Waals surface area contributed by atoms with Crippen LogP contribution >= 0.6 is 0 Å². The third kappa shape index (κ3) is 6.26. The van der Waals surface area contributed by atoms with Gasteiger partial charge in [-0.3, -0.25) is 9.59 Å². The van der Waals surface area contributed by atoms with Crippen molar-refractivity contribution < 1.29 is 22.7 Å². The normalized spacial score (nSPS) is 14.0. The fraction of sp³-hybridized carbons (Fsp3) is 0.280. The summed E-state index contributed by atoms with van der Waals surface area (Å²) in [5.41, 5.74) is 1.76. The molecule has 11 nitrogen and oxygen atoms in total. The molecule has 4 rings (SSSR count). The number of hydrogen-bond acceptors (Lipinski definition) is 9. The molecule has 1 aliphatic heterocycles. The molecule has 1 aromatic heterocycles. The van der Waals surface area contributed by atoms with Crippen molar-refractivity contribution in [2.45, 2.75) is 44.6 Å². The Hall–Kier alpha value is -3.19. The van der Waals surface area contributed by atoms with Gasteiger partial charge in [0, 0.05) is 36.6 Å². The summed E-state index contributed by atoms with van der Waals surface area (Å²) >= 11 is 0. The fourth-order valence-electron chi connectivity index (χ4n) is 3.67. The van der Waals surface area contributed by atoms with Crippen LogP contribution in [0.4, 0.5) is 28.8 Å². The van der Waals surface area contributed by atoms with E-state index in [1.54, 1.807) is 57.1 Å². The standard InChI is InChI=1S/C25H28N6O5S.Na.H/c1-6-21(32)30-37(34,35)18-10-7-16(8-11-18)28-24-26-14-15(2)22(29-24)27-17-9-12-20-19(13-17)31(5)23(33)25(3,4)36-20;;/h7-14H,6H2,1-5H3,(H,30,32)(H2,26,27,28,29);;. The second-order valence-corrected chi connectivity index (χ2v) is 10.7. The minimum atomic E-state index is -3.93. The molecule has 3 N–H and O–H groups in total. The Kier molecular flexibility index (Phi) is 8.72. The van der Waals surface area contributed by atoms with E-state index in [4.69, 9.17) is 4.74 Å². The molecule has 0 atom stereocenters. The van der Waals surface area contributed by atoms with Gasteiger partial charge in [-0.1, -0.05) is 6.92 Å². The number of aromatic nitrogens is 2. The third-order valence-electron chi connectivity index (χ3n) is 5.73. The van der Waals surface area contributed by atoms with Gasteiger partial charge < -0.3 is 20.3 Å². The molecular formula is C25H29N6NaO5S. The van der Waals surface area contributed by atoms with Crippen LogP contribution in [0.15, 0.2) is 53.6 Å². The van der Waals surface area contributed by atoms with E-state index in [1.165, 1.54) is 12.1 Å². The quantitative estimate of drug-likeness (QED) is 0.380. The molecule has 0 saturated carbocycles. The van der Waals surface area contributed by atoms with Crippen molar-refractivity contribution in [1.29, 1.82) is 0 Å². The molecule has 0 radical (unpaired) electrons. The van der Waals surface area contributed by atoms with Gasteiger partial charge in [0.2, 0.25) is 11.9 Å². The number of carbonyl (C=O) groups is 2. The van der Waals surface area contributed by atoms with E-state index < -0.39 is 21.5 Å². The van der Waals surface area contributed by atoms with Crippen molar-refractivity contribution >= 4 is 80.2 Å². The van der Waals surface area contributed by atoms with Crippen LogP contribution < -0.4 is 25.0 Å². The first kappa shape index (κ1) is 29.4. The average molecular weight is 549 g/mol. The van der Waals surface area contributed by atoms with Crippen LogP contribution in [-0.2, 0) is 19.6 Å². The monoisotopic (exact) mass is 548 g/mol. The van der Waals surface area contributed by atoms with E-state index in [-0.39, 0.29) is 46.8 Å². The van der Waals surface area contributed by atoms with E-state index in [0.29, 0.717) is 34.6 Å². The summed E-state index contributed by atoms with van der Waals surface area (Å²) in [6.07, 6.45) is 1.71. The van der Waals surface area contributed by atoms with Gasteiger partial charge in [-0.2, -0.15) is 4.98 Å². The van der Waals surface area contributed by atoms with E-state index in [2.05, 4.69) is 20.6 Å². The van der Waals surface area contributed by atoms with Crippen molar-refractivity contribution in [2.75, 3.05) is 22.6 Å². The number of sulfonamides is 1. The predicted molar refractivity (Wildman–Crippen MR) is 147 cm³/mol. The molecule has 2 heterocycles. The van der Waals surface area contributed by atoms with Crippen LogP contribution in [0.3, 0.4) is 0 Å². The zero-order valence-electron chi connectivity index (χ0n) is 21.1. The maximum absolute atomic E-state index is 12.6. The summed E-state index contributed by atoms with van der Waals surface area (Å²) < 4.78 is 32.4. The van der Waals surface area contributed by atoms with Crippen molar-refractivity contribution in [3.05, 3.63) is 54.2 Å². The fourth-order valence-corrected chi connectivity index (χ4v) is 4.72. The van der Waals surface area contributed by atoms with Crippen LogP contribution in [-0.4, -0.2) is 72.4 Å². The van der Waals surface area contributed by atoms with Crippen LogP contribution in [0.25, 0.3) is 0 Å². The van der Waals surface area contributed by atoms with Crippen LogP contribution in [0.1, 0.15) is 32.8 Å². The second kappa shape index (κ2) is 11.3. The summed E-state index contributed by atoms with van der Waals surface area (Å²) in [5, 5.41) is 6.30. The van der Waals surface area contributed by atoms with E-state index in [9.17, 15) is 18.0 Å². The Morgan fingerprint density at radius 1 is 1.08 bits per heavy atom. The van der Waals surface area contributed by atoms with Crippen LogP contribution in [0.5, 0.6) is 5.75 Å². The molecule has 2 amide bonds. The van der Waals surface area contributed by atoms with Gasteiger partial charge in [0.1, 0.15) is 11.6 Å². The zero-order valence-corrected chi connectivity index (χ0v) is 21.9. The van der Waals surface area contributed by atoms with Crippen molar-refractivity contribution in [1.82, 2.24) is 14.7 Å². The minimum absolute atomic E-state index is 0. The predicted octanol–water partition coefficient (Wildman–Crippen LogP) is 2.97. The number of nitrogens with one attached hydrogen (secondary N) is 3. The molecule has 3 aromatic rings. The maximum atomic E-state index is 12.6. The van der Waals surface area contributed by atoms with Crippen molar-refractivity contribution in [2.24, 2.45) is 0 Å². The summed E-state index contributed by atoms with van der Waals surface area (Å²) in [4.78, 5) is 34.4.